The number of hydrogen-bond donors (Lipinski definition) is 3. The van der Waals surface area contributed by atoms with E-state index < -0.39 is 48.0 Å². The highest BCUT2D eigenvalue weighted by Crippen LogP contribution is 2.27. The smallest absolute Gasteiger partial charge is 0.416 e. The molecule has 4 aromatic heterocycles. The van der Waals surface area contributed by atoms with Crippen LogP contribution in [0.4, 0.5) is 29.5 Å². The minimum absolute atomic E-state index is 0.0766. The number of anilines is 2. The topological polar surface area (TPSA) is 209 Å². The number of carbonyl (C=O) groups is 4. The second-order valence-electron chi connectivity index (χ2n) is 9.98. The molecule has 0 aliphatic heterocycles. The Balaban J connectivity index is 1.58. The fourth-order valence-corrected chi connectivity index (χ4v) is 3.56. The maximum atomic E-state index is 13.3. The highest BCUT2D eigenvalue weighted by Gasteiger charge is 2.36. The molecule has 0 unspecified atom stereocenters. The molecule has 0 aromatic carbocycles. The lowest BCUT2D eigenvalue weighted by molar-refractivity contribution is -0.119. The fourth-order valence-electron chi connectivity index (χ4n) is 3.56. The Labute approximate surface area is 245 Å². The average molecular weight is 617 g/mol. The van der Waals surface area contributed by atoms with Crippen molar-refractivity contribution in [2.75, 3.05) is 16.8 Å². The number of hydrogen-bond acceptors (Lipinski definition) is 10. The summed E-state index contributed by atoms with van der Waals surface area (Å²) in [5.74, 6) is -3.73. The van der Waals surface area contributed by atoms with Gasteiger partial charge >= 0.3 is 18.2 Å². The van der Waals surface area contributed by atoms with Gasteiger partial charge in [-0.15, -0.1) is 0 Å². The van der Waals surface area contributed by atoms with Crippen molar-refractivity contribution in [3.05, 3.63) is 66.2 Å². The molecule has 0 aliphatic carbocycles. The molecule has 230 valence electrons. The number of alkyl halides is 3. The number of aromatic nitrogens is 5. The third-order valence-electron chi connectivity index (χ3n) is 5.38. The highest BCUT2D eigenvalue weighted by molar-refractivity contribution is 6.07. The number of halogens is 3. The maximum Gasteiger partial charge on any atom is 0.416 e. The Kier molecular flexibility index (Phi) is 8.36. The lowest BCUT2D eigenvalue weighted by atomic mass is 10.2. The van der Waals surface area contributed by atoms with E-state index in [1.54, 1.807) is 0 Å². The summed E-state index contributed by atoms with van der Waals surface area (Å²) < 4.78 is 51.4. The number of amides is 3. The van der Waals surface area contributed by atoms with Gasteiger partial charge in [0.15, 0.2) is 11.4 Å². The number of nitrogens with one attached hydrogen (secondary N) is 1. The molecule has 0 spiro atoms. The normalized spacial score (nSPS) is 11.6. The van der Waals surface area contributed by atoms with Gasteiger partial charge in [0.2, 0.25) is 5.89 Å². The Morgan fingerprint density at radius 2 is 1.84 bits per heavy atom. The van der Waals surface area contributed by atoms with Crippen molar-refractivity contribution in [3.63, 3.8) is 0 Å². The van der Waals surface area contributed by atoms with Gasteiger partial charge in [0.25, 0.3) is 11.8 Å². The van der Waals surface area contributed by atoms with Gasteiger partial charge in [-0.3, -0.25) is 14.5 Å². The molecule has 0 fully saturated rings. The van der Waals surface area contributed by atoms with E-state index in [0.717, 1.165) is 23.2 Å². The van der Waals surface area contributed by atoms with Crippen molar-refractivity contribution >= 4 is 35.4 Å². The first-order chi connectivity index (χ1) is 20.5. The molecular formula is C26H23F3N8O7. The van der Waals surface area contributed by atoms with Crippen LogP contribution in [0.5, 0.6) is 0 Å². The molecule has 4 rings (SSSR count). The van der Waals surface area contributed by atoms with Crippen LogP contribution in [0.15, 0.2) is 53.5 Å². The SMILES string of the molecule is CC(C)(C)OC(=O)N(CC(F)(F)F)c1cc(-c2nc(C(=O)Nc3cn(-c4ccc(C(=O)O)nc4)nc3C(N)=O)co2)ccn1. The van der Waals surface area contributed by atoms with Crippen LogP contribution in [-0.2, 0) is 4.74 Å². The van der Waals surface area contributed by atoms with E-state index in [4.69, 9.17) is 20.0 Å². The molecule has 4 aromatic rings. The van der Waals surface area contributed by atoms with Crippen molar-refractivity contribution in [2.24, 2.45) is 5.73 Å². The second-order valence-corrected chi connectivity index (χ2v) is 9.98. The van der Waals surface area contributed by atoms with E-state index in [1.165, 1.54) is 51.4 Å². The van der Waals surface area contributed by atoms with Gasteiger partial charge in [-0.25, -0.2) is 29.2 Å². The van der Waals surface area contributed by atoms with Gasteiger partial charge in [0, 0.05) is 11.8 Å². The molecule has 0 aliphatic rings. The summed E-state index contributed by atoms with van der Waals surface area (Å²) in [6.07, 6.45) is -1.58. The van der Waals surface area contributed by atoms with Crippen LogP contribution in [0.1, 0.15) is 52.2 Å². The maximum absolute atomic E-state index is 13.3. The number of carboxylic acids is 1. The molecule has 3 amide bonds. The minimum atomic E-state index is -4.78. The molecule has 0 saturated carbocycles. The summed E-state index contributed by atoms with van der Waals surface area (Å²) in [7, 11) is 0. The Hall–Kier alpha value is -5.81. The van der Waals surface area contributed by atoms with E-state index in [9.17, 15) is 32.3 Å². The van der Waals surface area contributed by atoms with Gasteiger partial charge in [-0.05, 0) is 45.0 Å². The number of oxazole rings is 1. The third-order valence-corrected chi connectivity index (χ3v) is 5.38. The number of aromatic carboxylic acids is 1. The molecule has 0 radical (unpaired) electrons. The third kappa shape index (κ3) is 7.52. The van der Waals surface area contributed by atoms with Crippen LogP contribution in [0, 0.1) is 0 Å². The summed E-state index contributed by atoms with van der Waals surface area (Å²) in [5, 5.41) is 15.4. The van der Waals surface area contributed by atoms with Crippen molar-refractivity contribution < 1.29 is 46.6 Å². The average Bonchev–Trinajstić information content (AvgIpc) is 3.59. The first-order valence-corrected chi connectivity index (χ1v) is 12.4. The molecule has 44 heavy (non-hydrogen) atoms. The van der Waals surface area contributed by atoms with Crippen molar-refractivity contribution in [1.82, 2.24) is 24.7 Å². The van der Waals surface area contributed by atoms with Gasteiger partial charge in [-0.1, -0.05) is 0 Å². The number of pyridine rings is 2. The summed E-state index contributed by atoms with van der Waals surface area (Å²) >= 11 is 0. The van der Waals surface area contributed by atoms with Crippen molar-refractivity contribution in [1.29, 1.82) is 0 Å². The fraction of sp³-hybridized carbons (Fsp3) is 0.231. The zero-order chi connectivity index (χ0) is 32.4. The van der Waals surface area contributed by atoms with Crippen LogP contribution >= 0.6 is 0 Å². The molecule has 0 bridgehead atoms. The van der Waals surface area contributed by atoms with Gasteiger partial charge in [-0.2, -0.15) is 18.3 Å². The van der Waals surface area contributed by atoms with E-state index in [-0.39, 0.29) is 39.9 Å². The lowest BCUT2D eigenvalue weighted by Crippen LogP contribution is -2.42. The lowest BCUT2D eigenvalue weighted by Gasteiger charge is -2.27. The quantitative estimate of drug-likeness (QED) is 0.260. The number of primary amides is 1. The highest BCUT2D eigenvalue weighted by atomic mass is 19.4. The predicted octanol–water partition coefficient (Wildman–Crippen LogP) is 3.67. The molecule has 0 atom stereocenters. The number of carbonyl (C=O) groups excluding carboxylic acids is 3. The van der Waals surface area contributed by atoms with E-state index in [0.29, 0.717) is 4.90 Å². The summed E-state index contributed by atoms with van der Waals surface area (Å²) in [4.78, 5) is 60.5. The molecule has 18 heteroatoms. The van der Waals surface area contributed by atoms with E-state index in [2.05, 4.69) is 25.4 Å². The van der Waals surface area contributed by atoms with Gasteiger partial charge in [0.05, 0.1) is 23.8 Å². The summed E-state index contributed by atoms with van der Waals surface area (Å²) in [6, 6.07) is 5.00. The Morgan fingerprint density at radius 3 is 2.43 bits per heavy atom. The van der Waals surface area contributed by atoms with Crippen molar-refractivity contribution in [3.8, 4) is 17.1 Å². The molecule has 4 heterocycles. The van der Waals surface area contributed by atoms with Gasteiger partial charge in [0.1, 0.15) is 29.9 Å². The van der Waals surface area contributed by atoms with E-state index >= 15 is 0 Å². The number of ether oxygens (including phenoxy) is 1. The molecule has 0 saturated heterocycles. The zero-order valence-electron chi connectivity index (χ0n) is 23.1. The first kappa shape index (κ1) is 31.1. The zero-order valence-corrected chi connectivity index (χ0v) is 23.1. The number of rotatable bonds is 8. The first-order valence-electron chi connectivity index (χ1n) is 12.4. The van der Waals surface area contributed by atoms with Crippen LogP contribution < -0.4 is 16.0 Å². The minimum Gasteiger partial charge on any atom is -0.477 e. The van der Waals surface area contributed by atoms with Gasteiger partial charge < -0.3 is 25.3 Å². The number of nitrogens with zero attached hydrogens (tertiary/aromatic N) is 6. The van der Waals surface area contributed by atoms with E-state index in [1.807, 2.05) is 0 Å². The Morgan fingerprint density at radius 1 is 1.11 bits per heavy atom. The summed E-state index contributed by atoms with van der Waals surface area (Å²) in [6.45, 7) is 2.79. The van der Waals surface area contributed by atoms with Crippen LogP contribution in [0.25, 0.3) is 17.1 Å². The second kappa shape index (κ2) is 11.8. The summed E-state index contributed by atoms with van der Waals surface area (Å²) in [5.41, 5.74) is 3.64. The molecule has 15 nitrogen and oxygen atoms in total. The number of carboxylic acid groups (broad SMARTS) is 1. The number of nitrogens with two attached hydrogens (primary N) is 1. The standard InChI is InChI=1S/C26H23F3N8O7/c1-25(2,3)44-24(42)36(12-26(27,28)29)18-8-13(6-7-31-18)22-34-17(11-43-22)21(39)33-16-10-37(35-19(16)20(30)38)14-4-5-15(23(40)41)32-9-14/h4-11H,12H2,1-3H3,(H2,30,38)(H,33,39)(H,40,41). The predicted molar refractivity (Wildman–Crippen MR) is 144 cm³/mol. The van der Waals surface area contributed by atoms with Crippen LogP contribution in [0.3, 0.4) is 0 Å². The molecular weight excluding hydrogens is 593 g/mol. The monoisotopic (exact) mass is 616 g/mol. The van der Waals surface area contributed by atoms with Crippen LogP contribution in [0.2, 0.25) is 0 Å². The van der Waals surface area contributed by atoms with Crippen LogP contribution in [-0.4, -0.2) is 72.0 Å². The molecule has 4 N–H and O–H groups in total. The Bertz CT molecular complexity index is 1730. The largest absolute Gasteiger partial charge is 0.477 e. The van der Waals surface area contributed by atoms with Crippen molar-refractivity contribution in [2.45, 2.75) is 32.5 Å².